The number of ether oxygens (including phenoxy) is 1. The molecule has 0 unspecified atom stereocenters. The molecule has 1 aromatic heterocycles. The third kappa shape index (κ3) is 2.60. The summed E-state index contributed by atoms with van der Waals surface area (Å²) in [5.41, 5.74) is 7.70. The first-order valence-corrected chi connectivity index (χ1v) is 7.35. The van der Waals surface area contributed by atoms with E-state index >= 15 is 0 Å². The molecule has 0 atom stereocenters. The third-order valence-electron chi connectivity index (χ3n) is 3.34. The fraction of sp³-hybridized carbons (Fsp3) is 0.125. The van der Waals surface area contributed by atoms with Crippen molar-refractivity contribution in [1.29, 1.82) is 0 Å². The Bertz CT molecular complexity index is 797. The van der Waals surface area contributed by atoms with Crippen LogP contribution in [0.3, 0.4) is 0 Å². The number of benzene rings is 2. The van der Waals surface area contributed by atoms with Crippen LogP contribution in [-0.2, 0) is 6.54 Å². The number of nitrogens with two attached hydrogens (primary N) is 1. The maximum atomic E-state index is 12.3. The maximum absolute atomic E-state index is 12.3. The van der Waals surface area contributed by atoms with Crippen LogP contribution >= 0.6 is 11.3 Å². The lowest BCUT2D eigenvalue weighted by atomic mass is 10.1. The second kappa shape index (κ2) is 5.54. The second-order valence-electron chi connectivity index (χ2n) is 4.65. The van der Waals surface area contributed by atoms with Crippen LogP contribution in [-0.4, -0.2) is 12.9 Å². The molecule has 1 heterocycles. The molecule has 5 heteroatoms. The Labute approximate surface area is 126 Å². The van der Waals surface area contributed by atoms with E-state index in [0.717, 1.165) is 16.0 Å². The van der Waals surface area contributed by atoms with Gasteiger partial charge in [0, 0.05) is 11.6 Å². The first-order valence-electron chi connectivity index (χ1n) is 6.53. The molecule has 0 aliphatic rings. The van der Waals surface area contributed by atoms with E-state index in [1.807, 2.05) is 53.1 Å². The molecule has 0 radical (unpaired) electrons. The van der Waals surface area contributed by atoms with E-state index in [1.165, 1.54) is 11.3 Å². The Morgan fingerprint density at radius 1 is 1.24 bits per heavy atom. The fourth-order valence-electron chi connectivity index (χ4n) is 2.23. The molecule has 0 amide bonds. The van der Waals surface area contributed by atoms with Crippen molar-refractivity contribution in [1.82, 2.24) is 0 Å². The molecule has 2 N–H and O–H groups in total. The zero-order valence-corrected chi connectivity index (χ0v) is 12.4. The van der Waals surface area contributed by atoms with E-state index in [9.17, 15) is 4.79 Å². The van der Waals surface area contributed by atoms with Crippen LogP contribution in [0, 0.1) is 0 Å². The molecule has 4 nitrogen and oxygen atoms in total. The molecule has 0 fully saturated rings. The summed E-state index contributed by atoms with van der Waals surface area (Å²) < 4.78 is 8.06. The van der Waals surface area contributed by atoms with Crippen LogP contribution in [0.25, 0.3) is 10.2 Å². The molecule has 0 saturated heterocycles. The number of carbonyl (C=O) groups excluding carboxylic acids is 1. The lowest BCUT2D eigenvalue weighted by Gasteiger charge is -2.01. The van der Waals surface area contributed by atoms with Crippen LogP contribution in [0.5, 0.6) is 5.75 Å². The monoisotopic (exact) mass is 299 g/mol. The van der Waals surface area contributed by atoms with Gasteiger partial charge in [-0.15, -0.1) is 0 Å². The van der Waals surface area contributed by atoms with Gasteiger partial charge in [-0.3, -0.25) is 10.5 Å². The van der Waals surface area contributed by atoms with E-state index in [4.69, 9.17) is 10.5 Å². The number of nitrogen functional groups attached to an aromatic ring is 1. The van der Waals surface area contributed by atoms with Crippen LogP contribution in [0.1, 0.15) is 10.4 Å². The highest BCUT2D eigenvalue weighted by Crippen LogP contribution is 2.26. The highest BCUT2D eigenvalue weighted by Gasteiger charge is 2.19. The Morgan fingerprint density at radius 2 is 2.00 bits per heavy atom. The number of hydrogen-bond acceptors (Lipinski definition) is 4. The molecule has 21 heavy (non-hydrogen) atoms. The second-order valence-corrected chi connectivity index (χ2v) is 5.71. The van der Waals surface area contributed by atoms with Gasteiger partial charge in [-0.1, -0.05) is 30.3 Å². The Morgan fingerprint density at radius 3 is 2.71 bits per heavy atom. The van der Waals surface area contributed by atoms with Crippen molar-refractivity contribution in [3.8, 4) is 5.75 Å². The number of ketones is 1. The molecule has 0 saturated carbocycles. The van der Waals surface area contributed by atoms with Gasteiger partial charge in [0.2, 0.25) is 5.78 Å². The predicted molar refractivity (Wildman–Crippen MR) is 83.8 cm³/mol. The number of rotatable bonds is 4. The summed E-state index contributed by atoms with van der Waals surface area (Å²) >= 11 is 1.45. The van der Waals surface area contributed by atoms with Crippen LogP contribution < -0.4 is 15.0 Å². The lowest BCUT2D eigenvalue weighted by molar-refractivity contribution is -0.638. The van der Waals surface area contributed by atoms with Crippen molar-refractivity contribution < 1.29 is 14.1 Å². The minimum atomic E-state index is 0.0443. The molecular weight excluding hydrogens is 284 g/mol. The van der Waals surface area contributed by atoms with Gasteiger partial charge in [0.25, 0.3) is 0 Å². The van der Waals surface area contributed by atoms with Crippen molar-refractivity contribution in [3.05, 3.63) is 54.1 Å². The van der Waals surface area contributed by atoms with Gasteiger partial charge in [-0.2, -0.15) is 0 Å². The van der Waals surface area contributed by atoms with Crippen molar-refractivity contribution in [3.63, 3.8) is 0 Å². The van der Waals surface area contributed by atoms with Crippen LogP contribution in [0.2, 0.25) is 0 Å². The molecule has 0 bridgehead atoms. The van der Waals surface area contributed by atoms with Gasteiger partial charge < -0.3 is 4.74 Å². The normalized spacial score (nSPS) is 10.7. The molecule has 0 aliphatic heterocycles. The molecule has 0 spiro atoms. The molecule has 2 aromatic carbocycles. The number of thiazole rings is 1. The smallest absolute Gasteiger partial charge is 0.333 e. The zero-order chi connectivity index (χ0) is 14.8. The van der Waals surface area contributed by atoms with E-state index < -0.39 is 0 Å². The third-order valence-corrected chi connectivity index (χ3v) is 4.31. The van der Waals surface area contributed by atoms with Crippen molar-refractivity contribution in [2.75, 3.05) is 12.8 Å². The fourth-order valence-corrected chi connectivity index (χ4v) is 3.19. The summed E-state index contributed by atoms with van der Waals surface area (Å²) in [5.74, 6) is 0.827. The highest BCUT2D eigenvalue weighted by molar-refractivity contribution is 7.21. The van der Waals surface area contributed by atoms with Gasteiger partial charge in [-0.05, 0) is 23.5 Å². The van der Waals surface area contributed by atoms with Crippen molar-refractivity contribution >= 4 is 32.5 Å². The number of nitrogens with zero attached hydrogens (tertiary/aromatic N) is 1. The summed E-state index contributed by atoms with van der Waals surface area (Å²) in [5, 5.41) is 0.613. The molecular formula is C16H15N2O2S+. The number of Topliss-reactive ketones (excluding diaryl/α,β-unsaturated/α-hetero) is 1. The molecule has 3 aromatic rings. The van der Waals surface area contributed by atoms with Crippen LogP contribution in [0.4, 0.5) is 5.13 Å². The number of carbonyl (C=O) groups is 1. The van der Waals surface area contributed by atoms with Gasteiger partial charge in [0.1, 0.15) is 11.3 Å². The largest absolute Gasteiger partial charge is 0.497 e. The Kier molecular flexibility index (Phi) is 3.58. The molecule has 106 valence electrons. The van der Waals surface area contributed by atoms with E-state index in [-0.39, 0.29) is 12.3 Å². The topological polar surface area (TPSA) is 56.2 Å². The number of anilines is 1. The number of fused-ring (bicyclic) bond motifs is 1. The maximum Gasteiger partial charge on any atom is 0.333 e. The highest BCUT2D eigenvalue weighted by atomic mass is 32.1. The zero-order valence-electron chi connectivity index (χ0n) is 11.6. The summed E-state index contributed by atoms with van der Waals surface area (Å²) in [6.07, 6.45) is 0. The van der Waals surface area contributed by atoms with Gasteiger partial charge >= 0.3 is 5.13 Å². The Hall–Kier alpha value is -2.40. The minimum Gasteiger partial charge on any atom is -0.497 e. The van der Waals surface area contributed by atoms with Crippen molar-refractivity contribution in [2.24, 2.45) is 0 Å². The lowest BCUT2D eigenvalue weighted by Crippen LogP contribution is -2.39. The number of aromatic nitrogens is 1. The molecule has 0 aliphatic carbocycles. The average Bonchev–Trinajstić information content (AvgIpc) is 2.83. The SMILES string of the molecule is COc1ccc2c(c1)sc(N)[n+]2CC(=O)c1ccccc1. The quantitative estimate of drug-likeness (QED) is 0.595. The van der Waals surface area contributed by atoms with Gasteiger partial charge in [0.05, 0.1) is 11.8 Å². The average molecular weight is 299 g/mol. The summed E-state index contributed by atoms with van der Waals surface area (Å²) in [6.45, 7) is 0.238. The summed E-state index contributed by atoms with van der Waals surface area (Å²) in [4.78, 5) is 12.3. The van der Waals surface area contributed by atoms with Gasteiger partial charge in [0.15, 0.2) is 6.54 Å². The summed E-state index contributed by atoms with van der Waals surface area (Å²) in [6, 6.07) is 15.0. The number of methoxy groups -OCH3 is 1. The van der Waals surface area contributed by atoms with E-state index in [1.54, 1.807) is 7.11 Å². The van der Waals surface area contributed by atoms with E-state index in [2.05, 4.69) is 0 Å². The van der Waals surface area contributed by atoms with Crippen molar-refractivity contribution in [2.45, 2.75) is 6.54 Å². The Balaban J connectivity index is 1.97. The van der Waals surface area contributed by atoms with Gasteiger partial charge in [-0.25, -0.2) is 4.57 Å². The molecule has 3 rings (SSSR count). The standard InChI is InChI=1S/C16H14N2O2S/c1-20-12-7-8-13-15(9-12)21-16(17)18(13)10-14(19)11-5-3-2-4-6-11/h2-9,17H,10H2,1H3/p+1. The van der Waals surface area contributed by atoms with E-state index in [0.29, 0.717) is 10.7 Å². The minimum absolute atomic E-state index is 0.0443. The first-order chi connectivity index (χ1) is 10.2. The summed E-state index contributed by atoms with van der Waals surface area (Å²) in [7, 11) is 1.63. The number of hydrogen-bond donors (Lipinski definition) is 1. The first kappa shape index (κ1) is 13.6. The predicted octanol–water partition coefficient (Wildman–Crippen LogP) is 2.66. The van der Waals surface area contributed by atoms with Crippen LogP contribution in [0.15, 0.2) is 48.5 Å².